The van der Waals surface area contributed by atoms with Crippen molar-refractivity contribution in [3.05, 3.63) is 71.8 Å². The van der Waals surface area contributed by atoms with E-state index in [9.17, 15) is 14.7 Å². The second-order valence-corrected chi connectivity index (χ2v) is 6.07. The van der Waals surface area contributed by atoms with Crippen LogP contribution in [0.4, 0.5) is 0 Å². The van der Waals surface area contributed by atoms with Gasteiger partial charge in [-0.15, -0.1) is 6.42 Å². The van der Waals surface area contributed by atoms with Gasteiger partial charge in [-0.2, -0.15) is 0 Å². The van der Waals surface area contributed by atoms with E-state index >= 15 is 0 Å². The minimum Gasteiger partial charge on any atom is -0.459 e. The third-order valence-electron chi connectivity index (χ3n) is 4.21. The Morgan fingerprint density at radius 1 is 1.07 bits per heavy atom. The van der Waals surface area contributed by atoms with Crippen molar-refractivity contribution in [2.75, 3.05) is 13.2 Å². The minimum atomic E-state index is -1.80. The lowest BCUT2D eigenvalue weighted by atomic mass is 9.97. The maximum absolute atomic E-state index is 12.3. The van der Waals surface area contributed by atoms with Crippen LogP contribution in [-0.4, -0.2) is 48.1 Å². The monoisotopic (exact) mass is 366 g/mol. The standard InChI is InChI=1S/C21H18O6/c1-2-21(24)14-26-17(13-25-19(22)15-9-5-3-6-10-15)18(21)27-20(23)16-11-7-4-8-12-16/h1,3-12,17-18,24H,13-14H2/t17?,18-,21+/m1/s1. The van der Waals surface area contributed by atoms with Gasteiger partial charge in [0.05, 0.1) is 17.7 Å². The fourth-order valence-electron chi connectivity index (χ4n) is 2.72. The molecule has 27 heavy (non-hydrogen) atoms. The van der Waals surface area contributed by atoms with Gasteiger partial charge < -0.3 is 19.3 Å². The molecule has 1 aliphatic rings. The Morgan fingerprint density at radius 3 is 2.19 bits per heavy atom. The number of aliphatic hydroxyl groups is 1. The second kappa shape index (κ2) is 8.04. The van der Waals surface area contributed by atoms with Gasteiger partial charge in [0, 0.05) is 0 Å². The van der Waals surface area contributed by atoms with Crippen LogP contribution in [0.5, 0.6) is 0 Å². The van der Waals surface area contributed by atoms with Crippen LogP contribution in [0.2, 0.25) is 0 Å². The number of ether oxygens (including phenoxy) is 3. The first kappa shape index (κ1) is 18.6. The number of benzene rings is 2. The van der Waals surface area contributed by atoms with Crippen molar-refractivity contribution >= 4 is 11.9 Å². The SMILES string of the molecule is C#C[C@]1(O)COC(COC(=O)c2ccccc2)[C@H]1OC(=O)c1ccccc1. The lowest BCUT2D eigenvalue weighted by Crippen LogP contribution is -2.47. The Morgan fingerprint density at radius 2 is 1.63 bits per heavy atom. The van der Waals surface area contributed by atoms with E-state index in [0.29, 0.717) is 11.1 Å². The molecule has 0 aliphatic carbocycles. The molecule has 0 spiro atoms. The highest BCUT2D eigenvalue weighted by atomic mass is 16.6. The summed E-state index contributed by atoms with van der Waals surface area (Å²) < 4.78 is 16.1. The van der Waals surface area contributed by atoms with Crippen LogP contribution in [-0.2, 0) is 14.2 Å². The predicted octanol–water partition coefficient (Wildman–Crippen LogP) is 1.83. The maximum Gasteiger partial charge on any atom is 0.338 e. The van der Waals surface area contributed by atoms with Crippen molar-refractivity contribution in [2.24, 2.45) is 0 Å². The zero-order chi connectivity index (χ0) is 19.3. The number of hydrogen-bond acceptors (Lipinski definition) is 6. The summed E-state index contributed by atoms with van der Waals surface area (Å²) in [5, 5.41) is 10.5. The zero-order valence-electron chi connectivity index (χ0n) is 14.4. The van der Waals surface area contributed by atoms with Gasteiger partial charge in [-0.1, -0.05) is 42.3 Å². The molecule has 6 heteroatoms. The molecule has 0 saturated carbocycles. The first-order chi connectivity index (χ1) is 13.0. The Hall–Kier alpha value is -3.14. The molecule has 1 aliphatic heterocycles. The van der Waals surface area contributed by atoms with Crippen LogP contribution in [0, 0.1) is 12.3 Å². The van der Waals surface area contributed by atoms with Crippen LogP contribution in [0.3, 0.4) is 0 Å². The third-order valence-corrected chi connectivity index (χ3v) is 4.21. The molecule has 1 heterocycles. The molecule has 138 valence electrons. The first-order valence-electron chi connectivity index (χ1n) is 8.33. The average molecular weight is 366 g/mol. The Bertz CT molecular complexity index is 842. The summed E-state index contributed by atoms with van der Waals surface area (Å²) in [7, 11) is 0. The van der Waals surface area contributed by atoms with Gasteiger partial charge >= 0.3 is 11.9 Å². The van der Waals surface area contributed by atoms with E-state index in [1.165, 1.54) is 0 Å². The highest BCUT2D eigenvalue weighted by Gasteiger charge is 2.51. The van der Waals surface area contributed by atoms with Gasteiger partial charge in [-0.05, 0) is 24.3 Å². The minimum absolute atomic E-state index is 0.218. The molecule has 0 aromatic heterocycles. The average Bonchev–Trinajstić information content (AvgIpc) is 3.03. The lowest BCUT2D eigenvalue weighted by molar-refractivity contribution is -0.0508. The molecule has 2 aromatic rings. The van der Waals surface area contributed by atoms with Crippen molar-refractivity contribution in [2.45, 2.75) is 17.8 Å². The Balaban J connectivity index is 1.69. The summed E-state index contributed by atoms with van der Waals surface area (Å²) in [6.07, 6.45) is 3.35. The van der Waals surface area contributed by atoms with Crippen LogP contribution in [0.15, 0.2) is 60.7 Å². The van der Waals surface area contributed by atoms with Crippen LogP contribution >= 0.6 is 0 Å². The number of esters is 2. The Kier molecular flexibility index (Phi) is 5.55. The van der Waals surface area contributed by atoms with Gasteiger partial charge in [0.1, 0.15) is 12.7 Å². The van der Waals surface area contributed by atoms with E-state index in [-0.39, 0.29) is 13.2 Å². The van der Waals surface area contributed by atoms with E-state index < -0.39 is 29.7 Å². The van der Waals surface area contributed by atoms with Crippen LogP contribution in [0.1, 0.15) is 20.7 Å². The number of hydrogen-bond donors (Lipinski definition) is 1. The first-order valence-corrected chi connectivity index (χ1v) is 8.33. The summed E-state index contributed by atoms with van der Waals surface area (Å²) >= 11 is 0. The summed E-state index contributed by atoms with van der Waals surface area (Å²) in [5.74, 6) is 1.00. The number of rotatable bonds is 5. The normalized spacial score (nSPS) is 24.0. The summed E-state index contributed by atoms with van der Waals surface area (Å²) in [6.45, 7) is -0.450. The second-order valence-electron chi connectivity index (χ2n) is 6.07. The summed E-state index contributed by atoms with van der Waals surface area (Å²) in [4.78, 5) is 24.4. The van der Waals surface area contributed by atoms with Crippen molar-refractivity contribution < 1.29 is 28.9 Å². The fourth-order valence-corrected chi connectivity index (χ4v) is 2.72. The molecule has 3 rings (SSSR count). The van der Waals surface area contributed by atoms with Crippen molar-refractivity contribution in [1.29, 1.82) is 0 Å². The molecule has 3 atom stereocenters. The van der Waals surface area contributed by atoms with E-state index in [4.69, 9.17) is 20.6 Å². The number of carbonyl (C=O) groups is 2. The molecule has 0 radical (unpaired) electrons. The van der Waals surface area contributed by atoms with Crippen LogP contribution in [0.25, 0.3) is 0 Å². The quantitative estimate of drug-likeness (QED) is 0.642. The molecule has 0 bridgehead atoms. The molecule has 1 fully saturated rings. The third kappa shape index (κ3) is 4.17. The van der Waals surface area contributed by atoms with E-state index in [1.54, 1.807) is 60.7 Å². The molecule has 0 amide bonds. The molecular weight excluding hydrogens is 348 g/mol. The molecule has 6 nitrogen and oxygen atoms in total. The largest absolute Gasteiger partial charge is 0.459 e. The number of terminal acetylenes is 1. The van der Waals surface area contributed by atoms with Crippen LogP contribution < -0.4 is 0 Å². The summed E-state index contributed by atoms with van der Waals surface area (Å²) in [5.41, 5.74) is -1.11. The van der Waals surface area contributed by atoms with Gasteiger partial charge in [-0.3, -0.25) is 0 Å². The van der Waals surface area contributed by atoms with E-state index in [2.05, 4.69) is 5.92 Å². The van der Waals surface area contributed by atoms with Gasteiger partial charge in [-0.25, -0.2) is 9.59 Å². The smallest absolute Gasteiger partial charge is 0.338 e. The maximum atomic E-state index is 12.3. The van der Waals surface area contributed by atoms with Crippen molar-refractivity contribution in [1.82, 2.24) is 0 Å². The predicted molar refractivity (Wildman–Crippen MR) is 95.9 cm³/mol. The highest BCUT2D eigenvalue weighted by molar-refractivity contribution is 5.90. The van der Waals surface area contributed by atoms with E-state index in [0.717, 1.165) is 0 Å². The van der Waals surface area contributed by atoms with Gasteiger partial charge in [0.15, 0.2) is 11.7 Å². The zero-order valence-corrected chi connectivity index (χ0v) is 14.4. The Labute approximate surface area is 156 Å². The number of carbonyl (C=O) groups excluding carboxylic acids is 2. The summed E-state index contributed by atoms with van der Waals surface area (Å²) in [6, 6.07) is 16.7. The van der Waals surface area contributed by atoms with Crippen molar-refractivity contribution in [3.8, 4) is 12.3 Å². The fraction of sp³-hybridized carbons (Fsp3) is 0.238. The molecule has 1 unspecified atom stereocenters. The molecule has 1 saturated heterocycles. The highest BCUT2D eigenvalue weighted by Crippen LogP contribution is 2.28. The van der Waals surface area contributed by atoms with Gasteiger partial charge in [0.25, 0.3) is 0 Å². The molecular formula is C21H18O6. The molecule has 1 N–H and O–H groups in total. The van der Waals surface area contributed by atoms with Crippen molar-refractivity contribution in [3.63, 3.8) is 0 Å². The topological polar surface area (TPSA) is 82.1 Å². The lowest BCUT2D eigenvalue weighted by Gasteiger charge is -2.25. The van der Waals surface area contributed by atoms with Gasteiger partial charge in [0.2, 0.25) is 0 Å². The van der Waals surface area contributed by atoms with E-state index in [1.807, 2.05) is 0 Å². The molecule has 2 aromatic carbocycles.